The molecule has 17 heavy (non-hydrogen) atoms. The highest BCUT2D eigenvalue weighted by molar-refractivity contribution is 6.35. The fourth-order valence-corrected chi connectivity index (χ4v) is 2.59. The number of fused-ring (bicyclic) bond motifs is 1. The maximum Gasteiger partial charge on any atom is 0.256 e. The Balaban J connectivity index is 2.17. The van der Waals surface area contributed by atoms with Crippen LogP contribution in [0.2, 0.25) is 5.02 Å². The molecule has 0 bridgehead atoms. The van der Waals surface area contributed by atoms with Crippen molar-refractivity contribution in [2.75, 3.05) is 13.1 Å². The average molecular weight is 249 g/mol. The van der Waals surface area contributed by atoms with Gasteiger partial charge in [-0.1, -0.05) is 23.7 Å². The van der Waals surface area contributed by atoms with Crippen molar-refractivity contribution in [1.29, 1.82) is 0 Å². The fourth-order valence-electron chi connectivity index (χ4n) is 2.28. The van der Waals surface area contributed by atoms with E-state index in [1.54, 1.807) is 0 Å². The Morgan fingerprint density at radius 1 is 1.35 bits per heavy atom. The van der Waals surface area contributed by atoms with Gasteiger partial charge in [0, 0.05) is 31.7 Å². The first-order valence-corrected chi connectivity index (χ1v) is 6.09. The zero-order valence-electron chi connectivity index (χ0n) is 9.61. The second-order valence-electron chi connectivity index (χ2n) is 4.44. The molecule has 3 rings (SSSR count). The van der Waals surface area contributed by atoms with Crippen LogP contribution in [0.4, 0.5) is 0 Å². The van der Waals surface area contributed by atoms with Gasteiger partial charge in [-0.2, -0.15) is 0 Å². The number of amides is 1. The number of para-hydroxylation sites is 1. The number of carbonyl (C=O) groups excluding carboxylic acids is 1. The lowest BCUT2D eigenvalue weighted by Gasteiger charge is -2.30. The van der Waals surface area contributed by atoms with Crippen LogP contribution in [0.1, 0.15) is 16.8 Å². The highest BCUT2D eigenvalue weighted by Crippen LogP contribution is 2.28. The molecule has 3 nitrogen and oxygen atoms in total. The molecule has 1 aliphatic rings. The Labute approximate surface area is 105 Å². The van der Waals surface area contributed by atoms with Gasteiger partial charge in [0.25, 0.3) is 5.91 Å². The molecule has 0 radical (unpaired) electrons. The van der Waals surface area contributed by atoms with E-state index in [2.05, 4.69) is 0 Å². The molecular formula is C13H13ClN2O. The summed E-state index contributed by atoms with van der Waals surface area (Å²) in [7, 11) is 1.92. The smallest absolute Gasteiger partial charge is 0.256 e. The van der Waals surface area contributed by atoms with Gasteiger partial charge < -0.3 is 9.47 Å². The molecule has 0 atom stereocenters. The standard InChI is InChI=1S/C13H13ClN2O/c1-15-8-10(13(17)16-6-3-7-16)9-4-2-5-11(14)12(9)15/h2,4-5,8H,3,6-7H2,1H3. The van der Waals surface area contributed by atoms with Crippen LogP contribution in [0.3, 0.4) is 0 Å². The lowest BCUT2D eigenvalue weighted by molar-refractivity contribution is 0.0653. The van der Waals surface area contributed by atoms with Crippen molar-refractivity contribution in [2.45, 2.75) is 6.42 Å². The van der Waals surface area contributed by atoms with Gasteiger partial charge in [-0.3, -0.25) is 4.79 Å². The van der Waals surface area contributed by atoms with E-state index < -0.39 is 0 Å². The molecule has 1 aromatic heterocycles. The Morgan fingerprint density at radius 2 is 2.12 bits per heavy atom. The number of carbonyl (C=O) groups is 1. The lowest BCUT2D eigenvalue weighted by Crippen LogP contribution is -2.41. The molecule has 88 valence electrons. The monoisotopic (exact) mass is 248 g/mol. The molecule has 1 fully saturated rings. The Bertz CT molecular complexity index is 599. The summed E-state index contributed by atoms with van der Waals surface area (Å²) < 4.78 is 1.92. The van der Waals surface area contributed by atoms with E-state index in [1.807, 2.05) is 40.9 Å². The molecule has 1 aliphatic heterocycles. The van der Waals surface area contributed by atoms with Gasteiger partial charge >= 0.3 is 0 Å². The minimum absolute atomic E-state index is 0.115. The summed E-state index contributed by atoms with van der Waals surface area (Å²) in [5.74, 6) is 0.115. The maximum atomic E-state index is 12.2. The summed E-state index contributed by atoms with van der Waals surface area (Å²) >= 11 is 6.16. The third-order valence-corrected chi connectivity index (χ3v) is 3.63. The first-order chi connectivity index (χ1) is 8.18. The molecule has 2 aromatic rings. The predicted molar refractivity (Wildman–Crippen MR) is 68.4 cm³/mol. The third-order valence-electron chi connectivity index (χ3n) is 3.33. The van der Waals surface area contributed by atoms with Crippen molar-refractivity contribution >= 4 is 28.4 Å². The van der Waals surface area contributed by atoms with E-state index in [4.69, 9.17) is 11.6 Å². The largest absolute Gasteiger partial charge is 0.349 e. The van der Waals surface area contributed by atoms with Crippen LogP contribution < -0.4 is 0 Å². The van der Waals surface area contributed by atoms with Gasteiger partial charge in [0.05, 0.1) is 16.1 Å². The highest BCUT2D eigenvalue weighted by atomic mass is 35.5. The summed E-state index contributed by atoms with van der Waals surface area (Å²) in [5.41, 5.74) is 1.68. The fraction of sp³-hybridized carbons (Fsp3) is 0.308. The number of hydrogen-bond acceptors (Lipinski definition) is 1. The van der Waals surface area contributed by atoms with Crippen molar-refractivity contribution in [1.82, 2.24) is 9.47 Å². The van der Waals surface area contributed by atoms with Crippen molar-refractivity contribution in [3.8, 4) is 0 Å². The SMILES string of the molecule is Cn1cc(C(=O)N2CCC2)c2cccc(Cl)c21. The summed E-state index contributed by atoms with van der Waals surface area (Å²) in [6.45, 7) is 1.74. The van der Waals surface area contributed by atoms with E-state index >= 15 is 0 Å². The molecule has 2 heterocycles. The average Bonchev–Trinajstić information content (AvgIpc) is 2.55. The van der Waals surface area contributed by atoms with Crippen LogP contribution in [0.5, 0.6) is 0 Å². The van der Waals surface area contributed by atoms with Crippen molar-refractivity contribution in [3.05, 3.63) is 35.0 Å². The van der Waals surface area contributed by atoms with Gasteiger partial charge in [-0.05, 0) is 12.5 Å². The molecule has 4 heteroatoms. The number of likely N-dealkylation sites (tertiary alicyclic amines) is 1. The quantitative estimate of drug-likeness (QED) is 0.762. The number of halogens is 1. The van der Waals surface area contributed by atoms with Crippen LogP contribution in [0.25, 0.3) is 10.9 Å². The number of rotatable bonds is 1. The molecule has 0 N–H and O–H groups in total. The Kier molecular flexibility index (Phi) is 2.37. The lowest BCUT2D eigenvalue weighted by atomic mass is 10.1. The van der Waals surface area contributed by atoms with Gasteiger partial charge in [0.1, 0.15) is 0 Å². The van der Waals surface area contributed by atoms with Gasteiger partial charge in [-0.25, -0.2) is 0 Å². The predicted octanol–water partition coefficient (Wildman–Crippen LogP) is 2.68. The number of nitrogens with zero attached hydrogens (tertiary/aromatic N) is 2. The first-order valence-electron chi connectivity index (χ1n) is 5.71. The Morgan fingerprint density at radius 3 is 2.76 bits per heavy atom. The van der Waals surface area contributed by atoms with Gasteiger partial charge in [-0.15, -0.1) is 0 Å². The minimum atomic E-state index is 0.115. The first kappa shape index (κ1) is 10.7. The van der Waals surface area contributed by atoms with Crippen molar-refractivity contribution in [2.24, 2.45) is 7.05 Å². The van der Waals surface area contributed by atoms with E-state index in [0.29, 0.717) is 5.02 Å². The van der Waals surface area contributed by atoms with Crippen molar-refractivity contribution in [3.63, 3.8) is 0 Å². The molecule has 0 aliphatic carbocycles. The molecular weight excluding hydrogens is 236 g/mol. The number of benzene rings is 1. The maximum absolute atomic E-state index is 12.2. The Hall–Kier alpha value is -1.48. The van der Waals surface area contributed by atoms with Gasteiger partial charge in [0.15, 0.2) is 0 Å². The van der Waals surface area contributed by atoms with E-state index in [9.17, 15) is 4.79 Å². The topological polar surface area (TPSA) is 25.2 Å². The molecule has 1 amide bonds. The minimum Gasteiger partial charge on any atom is -0.349 e. The third kappa shape index (κ3) is 1.53. The summed E-state index contributed by atoms with van der Waals surface area (Å²) in [6, 6.07) is 5.69. The molecule has 0 spiro atoms. The van der Waals surface area contributed by atoms with Crippen LogP contribution in [0.15, 0.2) is 24.4 Å². The second-order valence-corrected chi connectivity index (χ2v) is 4.84. The van der Waals surface area contributed by atoms with E-state index in [0.717, 1.165) is 36.0 Å². The van der Waals surface area contributed by atoms with Crippen LogP contribution in [-0.4, -0.2) is 28.5 Å². The summed E-state index contributed by atoms with van der Waals surface area (Å²) in [5, 5.41) is 1.63. The number of hydrogen-bond donors (Lipinski definition) is 0. The zero-order chi connectivity index (χ0) is 12.0. The van der Waals surface area contributed by atoms with E-state index in [-0.39, 0.29) is 5.91 Å². The summed E-state index contributed by atoms with van der Waals surface area (Å²) in [4.78, 5) is 14.1. The molecule has 0 saturated carbocycles. The van der Waals surface area contributed by atoms with Crippen LogP contribution in [0, 0.1) is 0 Å². The highest BCUT2D eigenvalue weighted by Gasteiger charge is 2.24. The number of aryl methyl sites for hydroxylation is 1. The zero-order valence-corrected chi connectivity index (χ0v) is 10.4. The van der Waals surface area contributed by atoms with Gasteiger partial charge in [0.2, 0.25) is 0 Å². The molecule has 0 unspecified atom stereocenters. The molecule has 1 saturated heterocycles. The van der Waals surface area contributed by atoms with Crippen LogP contribution in [-0.2, 0) is 7.05 Å². The van der Waals surface area contributed by atoms with E-state index in [1.165, 1.54) is 0 Å². The second kappa shape index (κ2) is 3.77. The van der Waals surface area contributed by atoms with Crippen LogP contribution >= 0.6 is 11.6 Å². The van der Waals surface area contributed by atoms with Crippen molar-refractivity contribution < 1.29 is 4.79 Å². The molecule has 1 aromatic carbocycles. The number of aromatic nitrogens is 1. The normalized spacial score (nSPS) is 15.1. The summed E-state index contributed by atoms with van der Waals surface area (Å²) in [6.07, 6.45) is 2.98.